The van der Waals surface area contributed by atoms with Gasteiger partial charge in [0, 0.05) is 22.3 Å². The normalized spacial score (nSPS) is 17.4. The third kappa shape index (κ3) is 4.03. The van der Waals surface area contributed by atoms with Crippen molar-refractivity contribution in [2.45, 2.75) is 24.7 Å². The van der Waals surface area contributed by atoms with Crippen LogP contribution in [0.1, 0.15) is 19.8 Å². The van der Waals surface area contributed by atoms with E-state index in [4.69, 9.17) is 11.6 Å². The Bertz CT molecular complexity index is 818. The Morgan fingerprint density at radius 2 is 1.75 bits per heavy atom. The summed E-state index contributed by atoms with van der Waals surface area (Å²) in [7, 11) is -3.57. The smallest absolute Gasteiger partial charge is 0.241 e. The molecule has 1 saturated heterocycles. The molecule has 0 spiro atoms. The summed E-state index contributed by atoms with van der Waals surface area (Å²) in [6.45, 7) is 4.45. The monoisotopic (exact) mass is 388 g/mol. The van der Waals surface area contributed by atoms with E-state index < -0.39 is 10.0 Å². The van der Waals surface area contributed by atoms with Gasteiger partial charge in [0.2, 0.25) is 10.0 Å². The third-order valence-electron chi connectivity index (χ3n) is 4.62. The molecule has 132 valence electrons. The molecule has 4 nitrogen and oxygen atoms in total. The summed E-state index contributed by atoms with van der Waals surface area (Å²) >= 11 is 6.18. The number of hydrogen-bond acceptors (Lipinski definition) is 3. The van der Waals surface area contributed by atoms with Crippen molar-refractivity contribution in [1.29, 1.82) is 0 Å². The number of nitrogens with one attached hydrogen (secondary N) is 2. The minimum Gasteiger partial charge on any atom is -0.317 e. The van der Waals surface area contributed by atoms with Crippen LogP contribution in [0.15, 0.2) is 41.3 Å². The van der Waals surface area contributed by atoms with E-state index in [0.717, 1.165) is 31.3 Å². The molecule has 3 rings (SSSR count). The molecule has 2 aromatic carbocycles. The average molecular weight is 389 g/mol. The maximum atomic E-state index is 12.8. The Balaban J connectivity index is 0.00000208. The molecule has 0 amide bonds. The highest BCUT2D eigenvalue weighted by Gasteiger charge is 2.29. The Kier molecular flexibility index (Phi) is 6.15. The summed E-state index contributed by atoms with van der Waals surface area (Å²) < 4.78 is 28.3. The van der Waals surface area contributed by atoms with Crippen LogP contribution in [0.4, 0.5) is 0 Å². The second-order valence-corrected chi connectivity index (χ2v) is 8.62. The fourth-order valence-corrected chi connectivity index (χ4v) is 4.66. The number of piperidine rings is 1. The summed E-state index contributed by atoms with van der Waals surface area (Å²) in [6, 6.07) is 10.5. The van der Waals surface area contributed by atoms with E-state index in [0.29, 0.717) is 17.0 Å². The van der Waals surface area contributed by atoms with Gasteiger partial charge in [0.15, 0.2) is 0 Å². The van der Waals surface area contributed by atoms with Crippen LogP contribution in [-0.4, -0.2) is 28.1 Å². The predicted molar refractivity (Wildman–Crippen MR) is 102 cm³/mol. The van der Waals surface area contributed by atoms with Gasteiger partial charge in [0.05, 0.1) is 4.90 Å². The molecule has 0 aromatic heterocycles. The van der Waals surface area contributed by atoms with Crippen LogP contribution >= 0.6 is 24.0 Å². The van der Waals surface area contributed by atoms with E-state index in [1.165, 1.54) is 0 Å². The molecule has 1 aliphatic heterocycles. The van der Waals surface area contributed by atoms with Gasteiger partial charge in [-0.15, -0.1) is 12.4 Å². The molecule has 24 heavy (non-hydrogen) atoms. The zero-order valence-electron chi connectivity index (χ0n) is 13.5. The summed E-state index contributed by atoms with van der Waals surface area (Å²) in [5, 5.41) is 5.28. The first kappa shape index (κ1) is 19.5. The number of benzene rings is 2. The Labute approximate surface area is 154 Å². The lowest BCUT2D eigenvalue weighted by molar-refractivity contribution is 0.232. The molecular formula is C17H22Cl2N2O2S. The van der Waals surface area contributed by atoms with Crippen LogP contribution in [0.3, 0.4) is 0 Å². The first-order chi connectivity index (χ1) is 10.9. The van der Waals surface area contributed by atoms with Crippen LogP contribution in [-0.2, 0) is 10.0 Å². The predicted octanol–water partition coefficient (Wildman–Crippen LogP) is 3.58. The SMILES string of the molecule is CC1(CNS(=O)(=O)c2ccc(Cl)c3ccccc23)CCNCC1.Cl. The van der Waals surface area contributed by atoms with Gasteiger partial charge in [0.25, 0.3) is 0 Å². The molecule has 2 aromatic rings. The molecule has 0 radical (unpaired) electrons. The minimum absolute atomic E-state index is 0. The fraction of sp³-hybridized carbons (Fsp3) is 0.412. The van der Waals surface area contributed by atoms with Crippen molar-refractivity contribution in [3.63, 3.8) is 0 Å². The maximum Gasteiger partial charge on any atom is 0.241 e. The van der Waals surface area contributed by atoms with Crippen molar-refractivity contribution in [1.82, 2.24) is 10.0 Å². The fourth-order valence-electron chi connectivity index (χ4n) is 3.02. The van der Waals surface area contributed by atoms with E-state index in [1.54, 1.807) is 18.2 Å². The lowest BCUT2D eigenvalue weighted by atomic mass is 9.81. The van der Waals surface area contributed by atoms with Gasteiger partial charge in [-0.25, -0.2) is 13.1 Å². The zero-order chi connectivity index (χ0) is 16.5. The molecule has 0 saturated carbocycles. The number of fused-ring (bicyclic) bond motifs is 1. The number of sulfonamides is 1. The van der Waals surface area contributed by atoms with Crippen molar-refractivity contribution >= 4 is 44.8 Å². The molecule has 0 bridgehead atoms. The lowest BCUT2D eigenvalue weighted by Gasteiger charge is -2.34. The van der Waals surface area contributed by atoms with Crippen LogP contribution in [0, 0.1) is 5.41 Å². The standard InChI is InChI=1S/C17H21ClN2O2S.ClH/c1-17(8-10-19-11-9-17)12-20-23(21,22)16-7-6-15(18)13-4-2-3-5-14(13)16;/h2-7,19-20H,8-12H2,1H3;1H. The average Bonchev–Trinajstić information content (AvgIpc) is 2.54. The van der Waals surface area contributed by atoms with Crippen LogP contribution in [0.25, 0.3) is 10.8 Å². The Hall–Kier alpha value is -0.850. The number of hydrogen-bond donors (Lipinski definition) is 2. The van der Waals surface area contributed by atoms with E-state index in [2.05, 4.69) is 17.0 Å². The molecule has 0 unspecified atom stereocenters. The lowest BCUT2D eigenvalue weighted by Crippen LogP contribution is -2.42. The first-order valence-corrected chi connectivity index (χ1v) is 9.65. The van der Waals surface area contributed by atoms with Crippen molar-refractivity contribution in [3.05, 3.63) is 41.4 Å². The summed E-state index contributed by atoms with van der Waals surface area (Å²) in [5.74, 6) is 0. The highest BCUT2D eigenvalue weighted by atomic mass is 35.5. The van der Waals surface area contributed by atoms with Crippen LogP contribution in [0.2, 0.25) is 5.02 Å². The van der Waals surface area contributed by atoms with Crippen molar-refractivity contribution in [2.75, 3.05) is 19.6 Å². The van der Waals surface area contributed by atoms with Gasteiger partial charge in [-0.1, -0.05) is 42.8 Å². The second kappa shape index (κ2) is 7.58. The molecule has 2 N–H and O–H groups in total. The molecule has 1 heterocycles. The molecule has 7 heteroatoms. The van der Waals surface area contributed by atoms with Gasteiger partial charge in [-0.2, -0.15) is 0 Å². The maximum absolute atomic E-state index is 12.8. The van der Waals surface area contributed by atoms with Gasteiger partial charge >= 0.3 is 0 Å². The Morgan fingerprint density at radius 3 is 2.42 bits per heavy atom. The Morgan fingerprint density at radius 1 is 1.12 bits per heavy atom. The summed E-state index contributed by atoms with van der Waals surface area (Å²) in [6.07, 6.45) is 1.94. The topological polar surface area (TPSA) is 58.2 Å². The second-order valence-electron chi connectivity index (χ2n) is 6.48. The van der Waals surface area contributed by atoms with Gasteiger partial charge < -0.3 is 5.32 Å². The highest BCUT2D eigenvalue weighted by molar-refractivity contribution is 7.89. The van der Waals surface area contributed by atoms with Gasteiger partial charge in [-0.05, 0) is 43.5 Å². The number of halogens is 2. The van der Waals surface area contributed by atoms with E-state index >= 15 is 0 Å². The van der Waals surface area contributed by atoms with E-state index in [-0.39, 0.29) is 22.7 Å². The quantitative estimate of drug-likeness (QED) is 0.841. The highest BCUT2D eigenvalue weighted by Crippen LogP contribution is 2.31. The largest absolute Gasteiger partial charge is 0.317 e. The van der Waals surface area contributed by atoms with Crippen molar-refractivity contribution in [3.8, 4) is 0 Å². The summed E-state index contributed by atoms with van der Waals surface area (Å²) in [4.78, 5) is 0.287. The molecule has 1 aliphatic rings. The van der Waals surface area contributed by atoms with Crippen LogP contribution in [0.5, 0.6) is 0 Å². The van der Waals surface area contributed by atoms with Crippen LogP contribution < -0.4 is 10.0 Å². The summed E-state index contributed by atoms with van der Waals surface area (Å²) in [5.41, 5.74) is 0.000545. The minimum atomic E-state index is -3.57. The van der Waals surface area contributed by atoms with Crippen molar-refractivity contribution in [2.24, 2.45) is 5.41 Å². The molecule has 1 fully saturated rings. The molecule has 0 aliphatic carbocycles. The van der Waals surface area contributed by atoms with Gasteiger partial charge in [0.1, 0.15) is 0 Å². The third-order valence-corrected chi connectivity index (χ3v) is 6.41. The molecule has 0 atom stereocenters. The first-order valence-electron chi connectivity index (χ1n) is 7.79. The molecular weight excluding hydrogens is 367 g/mol. The van der Waals surface area contributed by atoms with E-state index in [1.807, 2.05) is 18.2 Å². The van der Waals surface area contributed by atoms with Gasteiger partial charge in [-0.3, -0.25) is 0 Å². The van der Waals surface area contributed by atoms with Crippen molar-refractivity contribution < 1.29 is 8.42 Å². The number of rotatable bonds is 4. The zero-order valence-corrected chi connectivity index (χ0v) is 15.9. The van der Waals surface area contributed by atoms with E-state index in [9.17, 15) is 8.42 Å².